The number of hydrogen-bond acceptors (Lipinski definition) is 5. The monoisotopic (exact) mass is 520 g/mol. The van der Waals surface area contributed by atoms with Crippen molar-refractivity contribution in [2.75, 3.05) is 6.61 Å². The number of aromatic nitrogens is 2. The van der Waals surface area contributed by atoms with Crippen molar-refractivity contribution in [3.05, 3.63) is 60.0 Å². The van der Waals surface area contributed by atoms with Crippen LogP contribution in [0, 0.1) is 0 Å². The van der Waals surface area contributed by atoms with Gasteiger partial charge >= 0.3 is 6.09 Å². The van der Waals surface area contributed by atoms with Crippen LogP contribution in [0.1, 0.15) is 103 Å². The molecule has 4 rings (SSSR count). The van der Waals surface area contributed by atoms with Gasteiger partial charge in [-0.15, -0.1) is 0 Å². The van der Waals surface area contributed by atoms with E-state index in [0.717, 1.165) is 48.1 Å². The van der Waals surface area contributed by atoms with Gasteiger partial charge in [0.15, 0.2) is 6.23 Å². The van der Waals surface area contributed by atoms with Crippen LogP contribution in [0.3, 0.4) is 0 Å². The van der Waals surface area contributed by atoms with Crippen LogP contribution in [0.4, 0.5) is 4.79 Å². The summed E-state index contributed by atoms with van der Waals surface area (Å²) >= 11 is 0. The van der Waals surface area contributed by atoms with Crippen LogP contribution in [0.25, 0.3) is 16.5 Å². The molecule has 38 heavy (non-hydrogen) atoms. The van der Waals surface area contributed by atoms with Gasteiger partial charge < -0.3 is 20.5 Å². The zero-order chi connectivity index (χ0) is 27.5. The van der Waals surface area contributed by atoms with Gasteiger partial charge in [-0.3, -0.25) is 0 Å². The maximum absolute atomic E-state index is 12.7. The summed E-state index contributed by atoms with van der Waals surface area (Å²) in [5.41, 5.74) is 10.2. The first kappa shape index (κ1) is 28.0. The van der Waals surface area contributed by atoms with Gasteiger partial charge in [0.2, 0.25) is 0 Å². The molecule has 1 aromatic heterocycles. The van der Waals surface area contributed by atoms with E-state index in [0.29, 0.717) is 18.8 Å². The van der Waals surface area contributed by atoms with E-state index in [9.17, 15) is 4.79 Å². The van der Waals surface area contributed by atoms with Gasteiger partial charge in [0, 0.05) is 12.0 Å². The third-order valence-corrected chi connectivity index (χ3v) is 7.73. The minimum atomic E-state index is -0.641. The fraction of sp³-hybridized carbons (Fsp3) is 0.548. The van der Waals surface area contributed by atoms with Crippen LogP contribution in [0.2, 0.25) is 0 Å². The summed E-state index contributed by atoms with van der Waals surface area (Å²) in [5, 5.41) is 9.02. The molecule has 1 atom stereocenters. The van der Waals surface area contributed by atoms with Crippen molar-refractivity contribution >= 4 is 22.6 Å². The molecule has 206 valence electrons. The Morgan fingerprint density at radius 3 is 2.53 bits per heavy atom. The SMILES string of the molecule is C=C(/C=C\C(=C/N)C(CC)(CC)NC(=O)OC(C)(C)C)c1ccc2c(cnn2C2CCCCO2)c1C1CC1. The smallest absolute Gasteiger partial charge is 0.408 e. The number of hydrogen-bond donors (Lipinski definition) is 2. The fourth-order valence-electron chi connectivity index (χ4n) is 5.44. The zero-order valence-corrected chi connectivity index (χ0v) is 23.7. The van der Waals surface area contributed by atoms with Gasteiger partial charge in [0.1, 0.15) is 5.60 Å². The molecule has 2 aliphatic rings. The van der Waals surface area contributed by atoms with Crippen LogP contribution in [0.5, 0.6) is 0 Å². The van der Waals surface area contributed by atoms with Crippen LogP contribution >= 0.6 is 0 Å². The van der Waals surface area contributed by atoms with E-state index in [1.54, 1.807) is 6.20 Å². The molecule has 2 fully saturated rings. The molecule has 1 unspecified atom stereocenters. The number of carbonyl (C=O) groups excluding carboxylic acids is 1. The van der Waals surface area contributed by atoms with Crippen LogP contribution in [-0.2, 0) is 9.47 Å². The van der Waals surface area contributed by atoms with E-state index in [-0.39, 0.29) is 6.23 Å². The molecule has 2 heterocycles. The number of allylic oxidation sites excluding steroid dienone is 2. The van der Waals surface area contributed by atoms with Gasteiger partial charge in [-0.2, -0.15) is 5.10 Å². The molecule has 1 aliphatic heterocycles. The lowest BCUT2D eigenvalue weighted by Gasteiger charge is -2.35. The lowest BCUT2D eigenvalue weighted by molar-refractivity contribution is -0.0366. The quantitative estimate of drug-likeness (QED) is 0.344. The van der Waals surface area contributed by atoms with E-state index in [1.165, 1.54) is 23.8 Å². The minimum absolute atomic E-state index is 0.00758. The second kappa shape index (κ2) is 11.4. The summed E-state index contributed by atoms with van der Waals surface area (Å²) in [5.74, 6) is 0.521. The van der Waals surface area contributed by atoms with E-state index < -0.39 is 17.2 Å². The highest BCUT2D eigenvalue weighted by Crippen LogP contribution is 2.47. The molecule has 0 spiro atoms. The van der Waals surface area contributed by atoms with Crippen LogP contribution < -0.4 is 11.1 Å². The average Bonchev–Trinajstić information content (AvgIpc) is 3.64. The molecule has 1 saturated heterocycles. The summed E-state index contributed by atoms with van der Waals surface area (Å²) < 4.78 is 13.6. The highest BCUT2D eigenvalue weighted by atomic mass is 16.6. The Balaban J connectivity index is 1.61. The highest BCUT2D eigenvalue weighted by molar-refractivity contribution is 5.90. The highest BCUT2D eigenvalue weighted by Gasteiger charge is 2.34. The van der Waals surface area contributed by atoms with Crippen molar-refractivity contribution in [2.45, 2.75) is 103 Å². The lowest BCUT2D eigenvalue weighted by atomic mass is 9.84. The Labute approximate surface area is 227 Å². The van der Waals surface area contributed by atoms with Crippen molar-refractivity contribution in [1.82, 2.24) is 15.1 Å². The second-order valence-corrected chi connectivity index (χ2v) is 11.5. The maximum Gasteiger partial charge on any atom is 0.408 e. The molecule has 7 heteroatoms. The number of nitrogens with one attached hydrogen (secondary N) is 1. The summed E-state index contributed by atoms with van der Waals surface area (Å²) in [6, 6.07) is 4.31. The maximum atomic E-state index is 12.7. The summed E-state index contributed by atoms with van der Waals surface area (Å²) in [6.07, 6.45) is 14.1. The van der Waals surface area contributed by atoms with Crippen LogP contribution in [-0.4, -0.2) is 33.6 Å². The molecule has 0 bridgehead atoms. The Bertz CT molecular complexity index is 1220. The molecule has 1 aliphatic carbocycles. The normalized spacial score (nSPS) is 19.2. The largest absolute Gasteiger partial charge is 0.444 e. The van der Waals surface area contributed by atoms with Gasteiger partial charge in [-0.1, -0.05) is 38.6 Å². The van der Waals surface area contributed by atoms with E-state index in [4.69, 9.17) is 20.3 Å². The number of carbonyl (C=O) groups is 1. The predicted molar refractivity (Wildman–Crippen MR) is 154 cm³/mol. The number of rotatable bonds is 9. The lowest BCUT2D eigenvalue weighted by Crippen LogP contribution is -2.50. The van der Waals surface area contributed by atoms with Crippen molar-refractivity contribution in [3.8, 4) is 0 Å². The van der Waals surface area contributed by atoms with Crippen molar-refractivity contribution in [2.24, 2.45) is 5.73 Å². The van der Waals surface area contributed by atoms with Gasteiger partial charge in [-0.25, -0.2) is 9.48 Å². The fourth-order valence-corrected chi connectivity index (χ4v) is 5.44. The van der Waals surface area contributed by atoms with Crippen molar-refractivity contribution < 1.29 is 14.3 Å². The average molecular weight is 521 g/mol. The molecule has 7 nitrogen and oxygen atoms in total. The molecule has 2 aromatic rings. The standard InChI is InChI=1S/C31H44N4O3/c1-7-31(8-2,34-29(36)38-30(4,5)6)23(19-32)15-12-21(3)24-16-17-26-25(28(24)22-13-14-22)20-33-35(26)27-11-9-10-18-37-27/h12,15-17,19-20,22,27H,3,7-11,13-14,18,32H2,1-2,4-6H3,(H,34,36)/b15-12-,23-19+. The number of nitrogens with two attached hydrogens (primary N) is 1. The first-order valence-electron chi connectivity index (χ1n) is 14.0. The first-order chi connectivity index (χ1) is 18.1. The molecule has 1 amide bonds. The van der Waals surface area contributed by atoms with E-state index in [1.807, 2.05) is 53.0 Å². The molecular formula is C31H44N4O3. The molecule has 3 N–H and O–H groups in total. The third kappa shape index (κ3) is 5.98. The summed E-state index contributed by atoms with van der Waals surface area (Å²) in [4.78, 5) is 12.7. The van der Waals surface area contributed by atoms with Gasteiger partial charge in [-0.05, 0) is 106 Å². The predicted octanol–water partition coefficient (Wildman–Crippen LogP) is 7.11. The number of fused-ring (bicyclic) bond motifs is 1. The molecule has 1 saturated carbocycles. The Morgan fingerprint density at radius 2 is 1.95 bits per heavy atom. The minimum Gasteiger partial charge on any atom is -0.444 e. The van der Waals surface area contributed by atoms with Gasteiger partial charge in [0.05, 0.1) is 17.3 Å². The number of amides is 1. The Morgan fingerprint density at radius 1 is 1.21 bits per heavy atom. The van der Waals surface area contributed by atoms with E-state index >= 15 is 0 Å². The molecule has 1 aromatic carbocycles. The molecular weight excluding hydrogens is 476 g/mol. The Kier molecular flexibility index (Phi) is 8.36. The topological polar surface area (TPSA) is 91.4 Å². The van der Waals surface area contributed by atoms with Crippen molar-refractivity contribution in [3.63, 3.8) is 0 Å². The molecule has 0 radical (unpaired) electrons. The number of nitrogens with zero attached hydrogens (tertiary/aromatic N) is 2. The summed E-state index contributed by atoms with van der Waals surface area (Å²) in [7, 11) is 0. The summed E-state index contributed by atoms with van der Waals surface area (Å²) in [6.45, 7) is 14.9. The van der Waals surface area contributed by atoms with Crippen LogP contribution in [0.15, 0.2) is 48.8 Å². The third-order valence-electron chi connectivity index (χ3n) is 7.73. The zero-order valence-electron chi connectivity index (χ0n) is 23.7. The number of benzene rings is 1. The Hall–Kier alpha value is -3.06. The van der Waals surface area contributed by atoms with E-state index in [2.05, 4.69) is 28.7 Å². The van der Waals surface area contributed by atoms with Gasteiger partial charge in [0.25, 0.3) is 0 Å². The second-order valence-electron chi connectivity index (χ2n) is 11.5. The first-order valence-corrected chi connectivity index (χ1v) is 14.0. The number of ether oxygens (including phenoxy) is 2. The number of alkyl carbamates (subject to hydrolysis) is 1. The van der Waals surface area contributed by atoms with Crippen molar-refractivity contribution in [1.29, 1.82) is 0 Å².